The maximum absolute atomic E-state index is 10.0. The van der Waals surface area contributed by atoms with Crippen molar-refractivity contribution >= 4 is 0 Å². The highest BCUT2D eigenvalue weighted by atomic mass is 16.5. The Morgan fingerprint density at radius 1 is 1.04 bits per heavy atom. The lowest BCUT2D eigenvalue weighted by molar-refractivity contribution is 0.338. The summed E-state index contributed by atoms with van der Waals surface area (Å²) in [5.74, 6) is 2.57. The van der Waals surface area contributed by atoms with Gasteiger partial charge in [-0.3, -0.25) is 0 Å². The SMILES string of the molecule is CCOc1ccc(O)c(CN[C@H](C)c2cc(OC)ccc2OC)c1. The highest BCUT2D eigenvalue weighted by Gasteiger charge is 2.13. The second-order valence-corrected chi connectivity index (χ2v) is 5.43. The van der Waals surface area contributed by atoms with Crippen LogP contribution in [0.1, 0.15) is 31.0 Å². The molecule has 0 bridgehead atoms. The first-order valence-electron chi connectivity index (χ1n) is 7.99. The van der Waals surface area contributed by atoms with Crippen LogP contribution in [0.2, 0.25) is 0 Å². The maximum Gasteiger partial charge on any atom is 0.123 e. The fourth-order valence-corrected chi connectivity index (χ4v) is 2.51. The summed E-state index contributed by atoms with van der Waals surface area (Å²) in [5, 5.41) is 13.4. The summed E-state index contributed by atoms with van der Waals surface area (Å²) in [4.78, 5) is 0. The highest BCUT2D eigenvalue weighted by Crippen LogP contribution is 2.30. The lowest BCUT2D eigenvalue weighted by atomic mass is 10.1. The van der Waals surface area contributed by atoms with Crippen LogP contribution in [0.4, 0.5) is 0 Å². The predicted octanol–water partition coefficient (Wildman–Crippen LogP) is 3.66. The van der Waals surface area contributed by atoms with Crippen molar-refractivity contribution in [3.8, 4) is 23.0 Å². The van der Waals surface area contributed by atoms with E-state index in [0.717, 1.165) is 28.4 Å². The summed E-state index contributed by atoms with van der Waals surface area (Å²) < 4.78 is 16.2. The number of phenols is 1. The molecule has 5 heteroatoms. The molecule has 2 aromatic rings. The monoisotopic (exact) mass is 331 g/mol. The fourth-order valence-electron chi connectivity index (χ4n) is 2.51. The number of benzene rings is 2. The summed E-state index contributed by atoms with van der Waals surface area (Å²) in [6.07, 6.45) is 0. The van der Waals surface area contributed by atoms with Gasteiger partial charge in [0, 0.05) is 23.7 Å². The van der Waals surface area contributed by atoms with Gasteiger partial charge in [0.2, 0.25) is 0 Å². The minimum atomic E-state index is 0.0187. The Kier molecular flexibility index (Phi) is 6.32. The first kappa shape index (κ1) is 17.9. The van der Waals surface area contributed by atoms with Crippen LogP contribution >= 0.6 is 0 Å². The molecule has 0 radical (unpaired) electrons. The number of aromatic hydroxyl groups is 1. The van der Waals surface area contributed by atoms with Crippen molar-refractivity contribution in [3.05, 3.63) is 47.5 Å². The third kappa shape index (κ3) is 4.32. The molecule has 0 unspecified atom stereocenters. The zero-order chi connectivity index (χ0) is 17.5. The quantitative estimate of drug-likeness (QED) is 0.773. The van der Waals surface area contributed by atoms with Crippen LogP contribution in [0.3, 0.4) is 0 Å². The second kappa shape index (κ2) is 8.45. The lowest BCUT2D eigenvalue weighted by Gasteiger charge is -2.19. The Morgan fingerprint density at radius 2 is 1.79 bits per heavy atom. The van der Waals surface area contributed by atoms with Gasteiger partial charge in [0.15, 0.2) is 0 Å². The molecule has 2 N–H and O–H groups in total. The van der Waals surface area contributed by atoms with Gasteiger partial charge in [0.05, 0.1) is 20.8 Å². The smallest absolute Gasteiger partial charge is 0.123 e. The Morgan fingerprint density at radius 3 is 2.46 bits per heavy atom. The van der Waals surface area contributed by atoms with E-state index in [1.165, 1.54) is 0 Å². The number of ether oxygens (including phenoxy) is 3. The van der Waals surface area contributed by atoms with Gasteiger partial charge in [-0.2, -0.15) is 0 Å². The van der Waals surface area contributed by atoms with Crippen molar-refractivity contribution in [2.24, 2.45) is 0 Å². The predicted molar refractivity (Wildman–Crippen MR) is 94.1 cm³/mol. The standard InChI is InChI=1S/C19H25NO4/c1-5-24-16-6-8-18(21)14(10-16)12-20-13(2)17-11-15(22-3)7-9-19(17)23-4/h6-11,13,20-21H,5,12H2,1-4H3/t13-/m1/s1. The Labute approximate surface area is 143 Å². The van der Waals surface area contributed by atoms with Crippen LogP contribution in [0, 0.1) is 0 Å². The molecule has 130 valence electrons. The summed E-state index contributed by atoms with van der Waals surface area (Å²) in [6.45, 7) is 5.08. The maximum atomic E-state index is 10.0. The van der Waals surface area contributed by atoms with E-state index >= 15 is 0 Å². The summed E-state index contributed by atoms with van der Waals surface area (Å²) in [5.41, 5.74) is 1.78. The van der Waals surface area contributed by atoms with Crippen LogP contribution in [0.25, 0.3) is 0 Å². The number of hydrogen-bond donors (Lipinski definition) is 2. The van der Waals surface area contributed by atoms with Crippen LogP contribution in [0.15, 0.2) is 36.4 Å². The molecule has 0 fully saturated rings. The van der Waals surface area contributed by atoms with Gasteiger partial charge < -0.3 is 24.6 Å². The average molecular weight is 331 g/mol. The Hall–Kier alpha value is -2.40. The van der Waals surface area contributed by atoms with Gasteiger partial charge in [-0.15, -0.1) is 0 Å². The van der Waals surface area contributed by atoms with Crippen LogP contribution in [-0.4, -0.2) is 25.9 Å². The van der Waals surface area contributed by atoms with E-state index in [9.17, 15) is 5.11 Å². The molecule has 0 spiro atoms. The Bertz CT molecular complexity index is 672. The van der Waals surface area contributed by atoms with Gasteiger partial charge >= 0.3 is 0 Å². The number of methoxy groups -OCH3 is 2. The van der Waals surface area contributed by atoms with E-state index < -0.39 is 0 Å². The van der Waals surface area contributed by atoms with Gasteiger partial charge in [-0.25, -0.2) is 0 Å². The molecule has 0 aliphatic carbocycles. The van der Waals surface area contributed by atoms with Crippen molar-refractivity contribution in [2.45, 2.75) is 26.4 Å². The highest BCUT2D eigenvalue weighted by molar-refractivity contribution is 5.43. The normalized spacial score (nSPS) is 11.8. The lowest BCUT2D eigenvalue weighted by Crippen LogP contribution is -2.19. The summed E-state index contributed by atoms with van der Waals surface area (Å²) in [6, 6.07) is 11.0. The van der Waals surface area contributed by atoms with E-state index in [1.54, 1.807) is 26.4 Å². The van der Waals surface area contributed by atoms with Crippen LogP contribution in [-0.2, 0) is 6.54 Å². The molecule has 5 nitrogen and oxygen atoms in total. The molecule has 0 saturated carbocycles. The molecule has 0 aromatic heterocycles. The summed E-state index contributed by atoms with van der Waals surface area (Å²) in [7, 11) is 3.29. The largest absolute Gasteiger partial charge is 0.508 e. The van der Waals surface area contributed by atoms with Crippen molar-refractivity contribution in [2.75, 3.05) is 20.8 Å². The van der Waals surface area contributed by atoms with E-state index in [1.807, 2.05) is 38.1 Å². The zero-order valence-corrected chi connectivity index (χ0v) is 14.6. The zero-order valence-electron chi connectivity index (χ0n) is 14.6. The molecule has 0 amide bonds. The molecule has 0 aliphatic heterocycles. The first-order valence-corrected chi connectivity index (χ1v) is 7.99. The van der Waals surface area contributed by atoms with Crippen molar-refractivity contribution in [1.82, 2.24) is 5.32 Å². The van der Waals surface area contributed by atoms with E-state index in [0.29, 0.717) is 13.2 Å². The molecular weight excluding hydrogens is 306 g/mol. The molecule has 0 aliphatic rings. The van der Waals surface area contributed by atoms with Gasteiger partial charge in [0.25, 0.3) is 0 Å². The van der Waals surface area contributed by atoms with Crippen molar-refractivity contribution in [3.63, 3.8) is 0 Å². The molecule has 24 heavy (non-hydrogen) atoms. The van der Waals surface area contributed by atoms with Gasteiger partial charge in [-0.1, -0.05) is 0 Å². The van der Waals surface area contributed by atoms with E-state index in [4.69, 9.17) is 14.2 Å². The second-order valence-electron chi connectivity index (χ2n) is 5.43. The van der Waals surface area contributed by atoms with E-state index in [-0.39, 0.29) is 11.8 Å². The first-order chi connectivity index (χ1) is 11.6. The fraction of sp³-hybridized carbons (Fsp3) is 0.368. The third-order valence-electron chi connectivity index (χ3n) is 3.86. The van der Waals surface area contributed by atoms with Gasteiger partial charge in [-0.05, 0) is 50.2 Å². The third-order valence-corrected chi connectivity index (χ3v) is 3.86. The summed E-state index contributed by atoms with van der Waals surface area (Å²) >= 11 is 0. The van der Waals surface area contributed by atoms with Gasteiger partial charge in [0.1, 0.15) is 23.0 Å². The number of nitrogens with one attached hydrogen (secondary N) is 1. The average Bonchev–Trinajstić information content (AvgIpc) is 2.61. The van der Waals surface area contributed by atoms with Crippen molar-refractivity contribution < 1.29 is 19.3 Å². The van der Waals surface area contributed by atoms with Crippen molar-refractivity contribution in [1.29, 1.82) is 0 Å². The number of hydrogen-bond acceptors (Lipinski definition) is 5. The number of rotatable bonds is 8. The minimum Gasteiger partial charge on any atom is -0.508 e. The molecule has 2 aromatic carbocycles. The number of phenolic OH excluding ortho intramolecular Hbond substituents is 1. The molecule has 0 heterocycles. The van der Waals surface area contributed by atoms with E-state index in [2.05, 4.69) is 5.32 Å². The topological polar surface area (TPSA) is 60.0 Å². The Balaban J connectivity index is 2.13. The molecule has 1 atom stereocenters. The van der Waals surface area contributed by atoms with Crippen LogP contribution < -0.4 is 19.5 Å². The molecular formula is C19H25NO4. The van der Waals surface area contributed by atoms with Crippen LogP contribution in [0.5, 0.6) is 23.0 Å². The minimum absolute atomic E-state index is 0.0187. The molecule has 2 rings (SSSR count). The molecule has 0 saturated heterocycles.